The number of halogens is 1. The summed E-state index contributed by atoms with van der Waals surface area (Å²) in [4.78, 5) is 7.12. The monoisotopic (exact) mass is 345 g/mol. The first-order valence-electron chi connectivity index (χ1n) is 5.24. The van der Waals surface area contributed by atoms with Gasteiger partial charge in [0.25, 0.3) is 0 Å². The van der Waals surface area contributed by atoms with Gasteiger partial charge in [0.05, 0.1) is 6.04 Å². The Morgan fingerprint density at radius 1 is 1.44 bits per heavy atom. The second kappa shape index (κ2) is 4.10. The van der Waals surface area contributed by atoms with Gasteiger partial charge in [-0.25, -0.2) is 0 Å². The molecule has 0 saturated carbocycles. The van der Waals surface area contributed by atoms with Crippen LogP contribution in [0.1, 0.15) is 11.6 Å². The molecule has 2 N–H and O–H groups in total. The fraction of sp³-hybridized carbons (Fsp3) is 0.364. The largest absolute Gasteiger partial charge is 0.399 e. The molecule has 1 fully saturated rings. The van der Waals surface area contributed by atoms with Gasteiger partial charge in [-0.3, -0.25) is 4.99 Å². The highest BCUT2D eigenvalue weighted by atomic mass is 127. The highest BCUT2D eigenvalue weighted by molar-refractivity contribution is 14.1. The Morgan fingerprint density at radius 3 is 3.06 bits per heavy atom. The summed E-state index contributed by atoms with van der Waals surface area (Å²) in [6.45, 7) is 2.15. The number of hydrogen-bond donors (Lipinski definition) is 1. The van der Waals surface area contributed by atoms with Crippen LogP contribution in [0, 0.1) is 3.57 Å². The van der Waals surface area contributed by atoms with Gasteiger partial charge in [-0.2, -0.15) is 0 Å². The third kappa shape index (κ3) is 1.90. The maximum absolute atomic E-state index is 5.87. The van der Waals surface area contributed by atoms with Gasteiger partial charge in [0.2, 0.25) is 0 Å². The average Bonchev–Trinajstić information content (AvgIpc) is 2.74. The van der Waals surface area contributed by atoms with E-state index in [1.807, 2.05) is 23.9 Å². The summed E-state index contributed by atoms with van der Waals surface area (Å²) in [6, 6.07) is 6.49. The zero-order valence-corrected chi connectivity index (χ0v) is 11.7. The number of nitrogen functional groups attached to an aromatic ring is 1. The van der Waals surface area contributed by atoms with Crippen LogP contribution < -0.4 is 5.73 Å². The highest BCUT2D eigenvalue weighted by Gasteiger charge is 2.30. The number of rotatable bonds is 1. The zero-order valence-electron chi connectivity index (χ0n) is 8.69. The Bertz CT molecular complexity index is 440. The molecule has 16 heavy (non-hydrogen) atoms. The maximum Gasteiger partial charge on any atom is 0.160 e. The minimum Gasteiger partial charge on any atom is -0.399 e. The van der Waals surface area contributed by atoms with E-state index in [0.29, 0.717) is 0 Å². The molecular weight excluding hydrogens is 333 g/mol. The van der Waals surface area contributed by atoms with Gasteiger partial charge in [0.15, 0.2) is 5.17 Å². The standard InChI is InChI=1S/C11H12IN3S/c12-8-3-7(4-9(13)5-8)10-6-15-1-2-16-11(15)14-10/h3-5,10H,1-2,6,13H2. The first kappa shape index (κ1) is 10.7. The zero-order chi connectivity index (χ0) is 11.1. The second-order valence-corrected chi connectivity index (χ2v) is 6.35. The lowest BCUT2D eigenvalue weighted by Crippen LogP contribution is -2.21. The molecule has 3 nitrogen and oxygen atoms in total. The predicted molar refractivity (Wildman–Crippen MR) is 77.8 cm³/mol. The molecule has 0 bridgehead atoms. The number of aliphatic imine (C=N–C) groups is 1. The molecule has 5 heteroatoms. The summed E-state index contributed by atoms with van der Waals surface area (Å²) >= 11 is 4.17. The molecule has 2 aliphatic rings. The number of thioether (sulfide) groups is 1. The van der Waals surface area contributed by atoms with Gasteiger partial charge in [-0.1, -0.05) is 11.8 Å². The minimum absolute atomic E-state index is 0.278. The van der Waals surface area contributed by atoms with Crippen molar-refractivity contribution in [2.45, 2.75) is 6.04 Å². The van der Waals surface area contributed by atoms with E-state index in [4.69, 9.17) is 10.7 Å². The molecular formula is C11H12IN3S. The molecule has 1 aromatic carbocycles. The van der Waals surface area contributed by atoms with Gasteiger partial charge in [0.1, 0.15) is 0 Å². The van der Waals surface area contributed by atoms with Gasteiger partial charge in [-0.15, -0.1) is 0 Å². The third-order valence-corrected chi connectivity index (χ3v) is 4.48. The molecule has 3 rings (SSSR count). The van der Waals surface area contributed by atoms with Crippen LogP contribution in [0.4, 0.5) is 5.69 Å². The molecule has 0 amide bonds. The van der Waals surface area contributed by atoms with Crippen molar-refractivity contribution < 1.29 is 0 Å². The number of hydrogen-bond acceptors (Lipinski definition) is 4. The first-order valence-corrected chi connectivity index (χ1v) is 7.30. The van der Waals surface area contributed by atoms with Crippen LogP contribution in [0.3, 0.4) is 0 Å². The maximum atomic E-state index is 5.87. The van der Waals surface area contributed by atoms with Crippen molar-refractivity contribution in [3.05, 3.63) is 27.3 Å². The number of amidine groups is 1. The lowest BCUT2D eigenvalue weighted by atomic mass is 10.1. The predicted octanol–water partition coefficient (Wildman–Crippen LogP) is 2.33. The Morgan fingerprint density at radius 2 is 2.31 bits per heavy atom. The van der Waals surface area contributed by atoms with E-state index in [1.165, 1.54) is 20.1 Å². The normalized spacial score (nSPS) is 23.4. The van der Waals surface area contributed by atoms with Crippen molar-refractivity contribution in [3.63, 3.8) is 0 Å². The van der Waals surface area contributed by atoms with Crippen molar-refractivity contribution in [1.29, 1.82) is 0 Å². The number of anilines is 1. The molecule has 2 aliphatic heterocycles. The quantitative estimate of drug-likeness (QED) is 0.628. The second-order valence-electron chi connectivity index (χ2n) is 4.04. The van der Waals surface area contributed by atoms with Crippen LogP contribution >= 0.6 is 34.4 Å². The van der Waals surface area contributed by atoms with E-state index in [9.17, 15) is 0 Å². The summed E-state index contributed by atoms with van der Waals surface area (Å²) in [7, 11) is 0. The SMILES string of the molecule is Nc1cc(I)cc(C2CN3CCSC3=N2)c1. The fourth-order valence-electron chi connectivity index (χ4n) is 2.11. The topological polar surface area (TPSA) is 41.6 Å². The van der Waals surface area contributed by atoms with E-state index in [1.54, 1.807) is 0 Å². The average molecular weight is 345 g/mol. The van der Waals surface area contributed by atoms with E-state index in [-0.39, 0.29) is 6.04 Å². The molecule has 1 aromatic rings. The summed E-state index contributed by atoms with van der Waals surface area (Å²) in [6.07, 6.45) is 0. The third-order valence-electron chi connectivity index (χ3n) is 2.85. The number of nitrogens with zero attached hydrogens (tertiary/aromatic N) is 2. The Hall–Kier alpha value is -0.430. The van der Waals surface area contributed by atoms with Crippen molar-refractivity contribution in [2.75, 3.05) is 24.6 Å². The molecule has 1 saturated heterocycles. The van der Waals surface area contributed by atoms with E-state index in [2.05, 4.69) is 33.6 Å². The van der Waals surface area contributed by atoms with Crippen LogP contribution in [-0.2, 0) is 0 Å². The summed E-state index contributed by atoms with van der Waals surface area (Å²) in [5.74, 6) is 1.18. The number of fused-ring (bicyclic) bond motifs is 1. The van der Waals surface area contributed by atoms with Gasteiger partial charge < -0.3 is 10.6 Å². The van der Waals surface area contributed by atoms with Crippen LogP contribution in [-0.4, -0.2) is 28.9 Å². The van der Waals surface area contributed by atoms with Crippen molar-refractivity contribution >= 4 is 45.2 Å². The highest BCUT2D eigenvalue weighted by Crippen LogP contribution is 2.33. The van der Waals surface area contributed by atoms with E-state index < -0.39 is 0 Å². The minimum atomic E-state index is 0.278. The summed E-state index contributed by atoms with van der Waals surface area (Å²) in [5.41, 5.74) is 7.95. The van der Waals surface area contributed by atoms with Gasteiger partial charge in [-0.05, 0) is 46.4 Å². The molecule has 1 atom stereocenters. The summed E-state index contributed by atoms with van der Waals surface area (Å²) in [5, 5.41) is 1.21. The number of benzene rings is 1. The Balaban J connectivity index is 1.91. The first-order chi connectivity index (χ1) is 7.72. The lowest BCUT2D eigenvalue weighted by Gasteiger charge is -2.13. The smallest absolute Gasteiger partial charge is 0.160 e. The Labute approximate surface area is 113 Å². The van der Waals surface area contributed by atoms with Gasteiger partial charge in [0, 0.05) is 28.1 Å². The lowest BCUT2D eigenvalue weighted by molar-refractivity contribution is 0.464. The van der Waals surface area contributed by atoms with E-state index >= 15 is 0 Å². The molecule has 0 aliphatic carbocycles. The molecule has 0 radical (unpaired) electrons. The van der Waals surface area contributed by atoms with Crippen LogP contribution in [0.25, 0.3) is 0 Å². The fourth-order valence-corrected chi connectivity index (χ4v) is 3.88. The van der Waals surface area contributed by atoms with Crippen LogP contribution in [0.15, 0.2) is 23.2 Å². The molecule has 84 valence electrons. The molecule has 0 aromatic heterocycles. The molecule has 0 spiro atoms. The van der Waals surface area contributed by atoms with Crippen molar-refractivity contribution in [3.8, 4) is 0 Å². The van der Waals surface area contributed by atoms with Gasteiger partial charge >= 0.3 is 0 Å². The van der Waals surface area contributed by atoms with Crippen molar-refractivity contribution in [1.82, 2.24) is 4.90 Å². The van der Waals surface area contributed by atoms with E-state index in [0.717, 1.165) is 18.8 Å². The molecule has 2 heterocycles. The number of nitrogens with two attached hydrogens (primary N) is 1. The summed E-state index contributed by atoms with van der Waals surface area (Å²) < 4.78 is 1.19. The van der Waals surface area contributed by atoms with Crippen LogP contribution in [0.5, 0.6) is 0 Å². The van der Waals surface area contributed by atoms with Crippen molar-refractivity contribution in [2.24, 2.45) is 4.99 Å². The van der Waals surface area contributed by atoms with Crippen LogP contribution in [0.2, 0.25) is 0 Å². The molecule has 1 unspecified atom stereocenters. The Kier molecular flexibility index (Phi) is 2.75.